The molecule has 0 radical (unpaired) electrons. The maximum atomic E-state index is 14.9. The van der Waals surface area contributed by atoms with E-state index in [0.717, 1.165) is 22.1 Å². The maximum Gasteiger partial charge on any atom is 0.171 e. The predicted octanol–water partition coefficient (Wildman–Crippen LogP) is 4.52. The van der Waals surface area contributed by atoms with Crippen LogP contribution in [0.4, 0.5) is 8.78 Å². The molecule has 0 atom stereocenters. The number of H-pyrrole nitrogens is 1. The zero-order valence-corrected chi connectivity index (χ0v) is 15.8. The number of methoxy groups -OCH3 is 1. The van der Waals surface area contributed by atoms with Crippen LogP contribution in [0.2, 0.25) is 0 Å². The number of pyridine rings is 2. The van der Waals surface area contributed by atoms with E-state index < -0.39 is 11.6 Å². The Kier molecular flexibility index (Phi) is 5.48. The number of fused-ring (bicyclic) bond motifs is 1. The van der Waals surface area contributed by atoms with Gasteiger partial charge in [-0.3, -0.25) is 4.98 Å². The predicted molar refractivity (Wildman–Crippen MR) is 106 cm³/mol. The smallest absolute Gasteiger partial charge is 0.171 e. The monoisotopic (exact) mass is 395 g/mol. The lowest BCUT2D eigenvalue weighted by molar-refractivity contribution is 0.143. The van der Waals surface area contributed by atoms with Gasteiger partial charge in [0.25, 0.3) is 0 Å². The number of hydrogen-bond acceptors (Lipinski definition) is 4. The molecule has 0 saturated carbocycles. The third kappa shape index (κ3) is 3.95. The Morgan fingerprint density at radius 1 is 1.07 bits per heavy atom. The van der Waals surface area contributed by atoms with Crippen LogP contribution >= 0.6 is 0 Å². The summed E-state index contributed by atoms with van der Waals surface area (Å²) in [6, 6.07) is 8.23. The SMILES string of the molecule is COCCOc1ccc(F)c(Cc2c[nH]c3ncc(-c4cccnc4)cc23)c1F. The first-order valence-electron chi connectivity index (χ1n) is 9.12. The average molecular weight is 395 g/mol. The fourth-order valence-corrected chi connectivity index (χ4v) is 3.17. The topological polar surface area (TPSA) is 60.0 Å². The molecule has 3 aromatic heterocycles. The van der Waals surface area contributed by atoms with Crippen molar-refractivity contribution in [2.45, 2.75) is 6.42 Å². The van der Waals surface area contributed by atoms with Crippen molar-refractivity contribution in [3.63, 3.8) is 0 Å². The molecule has 0 aliphatic rings. The van der Waals surface area contributed by atoms with Crippen LogP contribution < -0.4 is 4.74 Å². The van der Waals surface area contributed by atoms with Crippen LogP contribution in [0.5, 0.6) is 5.75 Å². The molecule has 1 N–H and O–H groups in total. The van der Waals surface area contributed by atoms with Gasteiger partial charge in [0, 0.05) is 60.4 Å². The summed E-state index contributed by atoms with van der Waals surface area (Å²) in [6.07, 6.45) is 6.98. The zero-order chi connectivity index (χ0) is 20.2. The first kappa shape index (κ1) is 19.0. The number of benzene rings is 1. The highest BCUT2D eigenvalue weighted by molar-refractivity contribution is 5.84. The molecular weight excluding hydrogens is 376 g/mol. The van der Waals surface area contributed by atoms with Gasteiger partial charge < -0.3 is 14.5 Å². The largest absolute Gasteiger partial charge is 0.488 e. The minimum Gasteiger partial charge on any atom is -0.488 e. The van der Waals surface area contributed by atoms with E-state index in [1.807, 2.05) is 18.2 Å². The molecule has 0 aliphatic heterocycles. The Morgan fingerprint density at radius 3 is 2.76 bits per heavy atom. The highest BCUT2D eigenvalue weighted by Gasteiger charge is 2.17. The van der Waals surface area contributed by atoms with Gasteiger partial charge in [-0.1, -0.05) is 6.07 Å². The molecule has 0 spiro atoms. The Labute approximate surface area is 166 Å². The number of ether oxygens (including phenoxy) is 2. The molecule has 7 heteroatoms. The molecule has 5 nitrogen and oxygen atoms in total. The van der Waals surface area contributed by atoms with Crippen LogP contribution in [0.15, 0.2) is 55.1 Å². The molecule has 29 heavy (non-hydrogen) atoms. The summed E-state index contributed by atoms with van der Waals surface area (Å²) in [6.45, 7) is 0.501. The lowest BCUT2D eigenvalue weighted by Gasteiger charge is -2.11. The Balaban J connectivity index is 1.68. The number of aromatic amines is 1. The van der Waals surface area contributed by atoms with Gasteiger partial charge in [0.1, 0.15) is 18.1 Å². The van der Waals surface area contributed by atoms with E-state index in [9.17, 15) is 8.78 Å². The highest BCUT2D eigenvalue weighted by atomic mass is 19.1. The number of aromatic nitrogens is 3. The molecule has 0 saturated heterocycles. The van der Waals surface area contributed by atoms with Crippen LogP contribution in [-0.4, -0.2) is 35.3 Å². The number of nitrogens with zero attached hydrogens (tertiary/aromatic N) is 2. The van der Waals surface area contributed by atoms with Gasteiger partial charge in [-0.25, -0.2) is 13.8 Å². The highest BCUT2D eigenvalue weighted by Crippen LogP contribution is 2.29. The van der Waals surface area contributed by atoms with Gasteiger partial charge in [-0.15, -0.1) is 0 Å². The van der Waals surface area contributed by atoms with Crippen molar-refractivity contribution in [2.75, 3.05) is 20.3 Å². The summed E-state index contributed by atoms with van der Waals surface area (Å²) in [7, 11) is 1.53. The minimum absolute atomic E-state index is 0.00691. The molecule has 4 aromatic rings. The summed E-state index contributed by atoms with van der Waals surface area (Å²) < 4.78 is 39.5. The van der Waals surface area contributed by atoms with Crippen LogP contribution in [0.3, 0.4) is 0 Å². The zero-order valence-electron chi connectivity index (χ0n) is 15.8. The van der Waals surface area contributed by atoms with E-state index in [4.69, 9.17) is 9.47 Å². The third-order valence-electron chi connectivity index (χ3n) is 4.67. The fraction of sp³-hybridized carbons (Fsp3) is 0.182. The molecule has 0 aliphatic carbocycles. The fourth-order valence-electron chi connectivity index (χ4n) is 3.17. The third-order valence-corrected chi connectivity index (χ3v) is 4.67. The second kappa shape index (κ2) is 8.36. The lowest BCUT2D eigenvalue weighted by atomic mass is 10.0. The Morgan fingerprint density at radius 2 is 1.97 bits per heavy atom. The van der Waals surface area contributed by atoms with E-state index in [1.165, 1.54) is 19.2 Å². The van der Waals surface area contributed by atoms with Gasteiger partial charge in [-0.2, -0.15) is 0 Å². The molecule has 4 rings (SSSR count). The van der Waals surface area contributed by atoms with Crippen LogP contribution in [-0.2, 0) is 11.2 Å². The van der Waals surface area contributed by atoms with Gasteiger partial charge in [0.2, 0.25) is 0 Å². The number of halogens is 2. The molecular formula is C22H19F2N3O2. The van der Waals surface area contributed by atoms with Gasteiger partial charge in [0.05, 0.1) is 6.61 Å². The second-order valence-electron chi connectivity index (χ2n) is 6.53. The summed E-state index contributed by atoms with van der Waals surface area (Å²) in [4.78, 5) is 11.6. The normalized spacial score (nSPS) is 11.1. The first-order valence-corrected chi connectivity index (χ1v) is 9.12. The number of rotatable bonds is 7. The molecule has 148 valence electrons. The second-order valence-corrected chi connectivity index (χ2v) is 6.53. The molecule has 0 unspecified atom stereocenters. The molecule has 0 fully saturated rings. The minimum atomic E-state index is -0.702. The van der Waals surface area contributed by atoms with Crippen molar-refractivity contribution in [3.05, 3.63) is 77.9 Å². The summed E-state index contributed by atoms with van der Waals surface area (Å²) in [5.41, 5.74) is 3.14. The van der Waals surface area contributed by atoms with Gasteiger partial charge in [-0.05, 0) is 29.8 Å². The van der Waals surface area contributed by atoms with E-state index in [1.54, 1.807) is 24.8 Å². The van der Waals surface area contributed by atoms with Crippen molar-refractivity contribution >= 4 is 11.0 Å². The average Bonchev–Trinajstić information content (AvgIpc) is 3.15. The number of hydrogen-bond donors (Lipinski definition) is 1. The van der Waals surface area contributed by atoms with E-state index in [-0.39, 0.29) is 24.3 Å². The summed E-state index contributed by atoms with van der Waals surface area (Å²) >= 11 is 0. The van der Waals surface area contributed by atoms with Gasteiger partial charge >= 0.3 is 0 Å². The van der Waals surface area contributed by atoms with E-state index in [0.29, 0.717) is 12.3 Å². The quantitative estimate of drug-likeness (QED) is 0.468. The van der Waals surface area contributed by atoms with Gasteiger partial charge in [0.15, 0.2) is 11.6 Å². The first-order chi connectivity index (χ1) is 14.2. The Hall–Kier alpha value is -3.32. The van der Waals surface area contributed by atoms with Crippen molar-refractivity contribution in [3.8, 4) is 16.9 Å². The Bertz CT molecular complexity index is 1130. The molecule has 1 aromatic carbocycles. The van der Waals surface area contributed by atoms with Crippen molar-refractivity contribution in [2.24, 2.45) is 0 Å². The van der Waals surface area contributed by atoms with E-state index >= 15 is 0 Å². The van der Waals surface area contributed by atoms with E-state index in [2.05, 4.69) is 15.0 Å². The van der Waals surface area contributed by atoms with Crippen LogP contribution in [0.25, 0.3) is 22.2 Å². The number of nitrogens with one attached hydrogen (secondary N) is 1. The van der Waals surface area contributed by atoms with Crippen molar-refractivity contribution in [1.29, 1.82) is 0 Å². The summed E-state index contributed by atoms with van der Waals surface area (Å²) in [5, 5.41) is 0.802. The summed E-state index contributed by atoms with van der Waals surface area (Å²) in [5.74, 6) is -1.31. The standard InChI is InChI=1S/C22H19F2N3O2/c1-28-7-8-29-20-5-4-19(23)18(21(20)24)10-16-13-27-22-17(16)9-15(12-26-22)14-3-2-6-25-11-14/h2-6,9,11-13H,7-8,10H2,1H3,(H,26,27). The van der Waals surface area contributed by atoms with Crippen LogP contribution in [0, 0.1) is 11.6 Å². The molecule has 0 bridgehead atoms. The lowest BCUT2D eigenvalue weighted by Crippen LogP contribution is -2.07. The molecule has 3 heterocycles. The van der Waals surface area contributed by atoms with Crippen molar-refractivity contribution in [1.82, 2.24) is 15.0 Å². The van der Waals surface area contributed by atoms with Crippen LogP contribution in [0.1, 0.15) is 11.1 Å². The maximum absolute atomic E-state index is 14.9. The molecule has 0 amide bonds. The van der Waals surface area contributed by atoms with Crippen molar-refractivity contribution < 1.29 is 18.3 Å².